The Kier molecular flexibility index (Phi) is 5.78. The molecule has 0 aliphatic carbocycles. The first-order valence-corrected chi connectivity index (χ1v) is 7.36. The Morgan fingerprint density at radius 3 is 2.43 bits per heavy atom. The molecular weight excluding hydrogens is 260 g/mol. The van der Waals surface area contributed by atoms with Gasteiger partial charge in [0.15, 0.2) is 0 Å². The van der Waals surface area contributed by atoms with Crippen LogP contribution in [0.5, 0.6) is 5.75 Å². The molecule has 0 heterocycles. The van der Waals surface area contributed by atoms with Crippen molar-refractivity contribution >= 4 is 0 Å². The Hall–Kier alpha value is -1.84. The zero-order valence-electron chi connectivity index (χ0n) is 12.9. The van der Waals surface area contributed by atoms with Gasteiger partial charge in [-0.15, -0.1) is 0 Å². The molecule has 112 valence electrons. The molecule has 0 radical (unpaired) electrons. The Morgan fingerprint density at radius 1 is 1.00 bits per heavy atom. The summed E-state index contributed by atoms with van der Waals surface area (Å²) in [6.07, 6.45) is 1.03. The number of nitrogens with two attached hydrogens (primary N) is 1. The van der Waals surface area contributed by atoms with Crippen molar-refractivity contribution in [3.05, 3.63) is 54.1 Å². The maximum Gasteiger partial charge on any atom is 0.119 e. The normalized spacial score (nSPS) is 10.9. The molecule has 0 bridgehead atoms. The van der Waals surface area contributed by atoms with E-state index < -0.39 is 0 Å². The summed E-state index contributed by atoms with van der Waals surface area (Å²) in [7, 11) is 4.15. The molecule has 2 aromatic carbocycles. The highest BCUT2D eigenvalue weighted by molar-refractivity contribution is 5.65. The lowest BCUT2D eigenvalue weighted by Gasteiger charge is -2.11. The second-order valence-corrected chi connectivity index (χ2v) is 5.43. The summed E-state index contributed by atoms with van der Waals surface area (Å²) in [4.78, 5) is 2.17. The molecule has 0 saturated carbocycles. The Morgan fingerprint density at radius 2 is 1.76 bits per heavy atom. The molecule has 0 aliphatic heterocycles. The van der Waals surface area contributed by atoms with Gasteiger partial charge in [0.1, 0.15) is 5.75 Å². The first-order chi connectivity index (χ1) is 10.2. The van der Waals surface area contributed by atoms with Gasteiger partial charge in [-0.05, 0) is 49.3 Å². The maximum atomic E-state index is 5.82. The van der Waals surface area contributed by atoms with Gasteiger partial charge in [0.2, 0.25) is 0 Å². The monoisotopic (exact) mass is 284 g/mol. The standard InChI is InChI=1S/C18H24N2O/c1-20(2)11-4-12-21-18-6-3-5-17(13-18)16-9-7-15(14-19)8-10-16/h3,5-10,13H,4,11-12,14,19H2,1-2H3. The Balaban J connectivity index is 1.99. The van der Waals surface area contributed by atoms with E-state index in [2.05, 4.69) is 55.4 Å². The SMILES string of the molecule is CN(C)CCCOc1cccc(-c2ccc(CN)cc2)c1. The molecule has 0 aromatic heterocycles. The predicted octanol–water partition coefficient (Wildman–Crippen LogP) is 3.14. The van der Waals surface area contributed by atoms with Gasteiger partial charge in [-0.3, -0.25) is 0 Å². The molecule has 0 fully saturated rings. The summed E-state index contributed by atoms with van der Waals surface area (Å²) in [5.41, 5.74) is 9.13. The minimum atomic E-state index is 0.579. The van der Waals surface area contributed by atoms with Gasteiger partial charge in [0.05, 0.1) is 6.61 Å². The Labute approximate surface area is 127 Å². The van der Waals surface area contributed by atoms with Crippen LogP contribution in [0.1, 0.15) is 12.0 Å². The molecule has 0 saturated heterocycles. The van der Waals surface area contributed by atoms with E-state index in [1.54, 1.807) is 0 Å². The molecular formula is C18H24N2O. The van der Waals surface area contributed by atoms with Crippen molar-refractivity contribution in [1.82, 2.24) is 4.90 Å². The van der Waals surface area contributed by atoms with E-state index in [1.807, 2.05) is 12.1 Å². The minimum Gasteiger partial charge on any atom is -0.494 e. The van der Waals surface area contributed by atoms with Crippen molar-refractivity contribution in [1.29, 1.82) is 0 Å². The largest absolute Gasteiger partial charge is 0.494 e. The highest BCUT2D eigenvalue weighted by Gasteiger charge is 2.01. The number of ether oxygens (including phenoxy) is 1. The highest BCUT2D eigenvalue weighted by Crippen LogP contribution is 2.24. The molecule has 0 unspecified atom stereocenters. The first-order valence-electron chi connectivity index (χ1n) is 7.36. The summed E-state index contributed by atoms with van der Waals surface area (Å²) in [6, 6.07) is 16.6. The third-order valence-corrected chi connectivity index (χ3v) is 3.38. The summed E-state index contributed by atoms with van der Waals surface area (Å²) in [5.74, 6) is 0.925. The number of hydrogen-bond acceptors (Lipinski definition) is 3. The van der Waals surface area contributed by atoms with E-state index in [9.17, 15) is 0 Å². The van der Waals surface area contributed by atoms with Gasteiger partial charge in [-0.1, -0.05) is 36.4 Å². The lowest BCUT2D eigenvalue weighted by molar-refractivity contribution is 0.281. The molecule has 3 heteroatoms. The van der Waals surface area contributed by atoms with Gasteiger partial charge < -0.3 is 15.4 Å². The van der Waals surface area contributed by atoms with E-state index in [1.165, 1.54) is 11.1 Å². The topological polar surface area (TPSA) is 38.5 Å². The van der Waals surface area contributed by atoms with Crippen molar-refractivity contribution in [2.75, 3.05) is 27.2 Å². The average molecular weight is 284 g/mol. The average Bonchev–Trinajstić information content (AvgIpc) is 2.52. The smallest absolute Gasteiger partial charge is 0.119 e. The van der Waals surface area contributed by atoms with Crippen LogP contribution >= 0.6 is 0 Å². The van der Waals surface area contributed by atoms with Gasteiger partial charge in [0, 0.05) is 13.1 Å². The zero-order chi connectivity index (χ0) is 15.1. The van der Waals surface area contributed by atoms with Crippen molar-refractivity contribution in [2.24, 2.45) is 5.73 Å². The lowest BCUT2D eigenvalue weighted by Crippen LogP contribution is -2.15. The summed E-state index contributed by atoms with van der Waals surface area (Å²) in [6.45, 7) is 2.36. The first kappa shape index (κ1) is 15.5. The molecule has 2 rings (SSSR count). The van der Waals surface area contributed by atoms with Crippen LogP contribution in [0.4, 0.5) is 0 Å². The number of nitrogens with zero attached hydrogens (tertiary/aromatic N) is 1. The maximum absolute atomic E-state index is 5.82. The van der Waals surface area contributed by atoms with Crippen LogP contribution < -0.4 is 10.5 Å². The van der Waals surface area contributed by atoms with Crippen LogP contribution in [-0.4, -0.2) is 32.1 Å². The van der Waals surface area contributed by atoms with E-state index in [-0.39, 0.29) is 0 Å². The van der Waals surface area contributed by atoms with Crippen LogP contribution in [0.15, 0.2) is 48.5 Å². The molecule has 21 heavy (non-hydrogen) atoms. The fourth-order valence-corrected chi connectivity index (χ4v) is 2.17. The number of rotatable bonds is 7. The molecule has 2 N–H and O–H groups in total. The van der Waals surface area contributed by atoms with Crippen LogP contribution in [0.3, 0.4) is 0 Å². The lowest BCUT2D eigenvalue weighted by atomic mass is 10.0. The zero-order valence-corrected chi connectivity index (χ0v) is 12.9. The van der Waals surface area contributed by atoms with Crippen molar-refractivity contribution in [3.8, 4) is 16.9 Å². The predicted molar refractivity (Wildman–Crippen MR) is 88.4 cm³/mol. The second kappa shape index (κ2) is 7.81. The van der Waals surface area contributed by atoms with Crippen molar-refractivity contribution in [3.63, 3.8) is 0 Å². The fourth-order valence-electron chi connectivity index (χ4n) is 2.17. The van der Waals surface area contributed by atoms with Crippen LogP contribution in [0.2, 0.25) is 0 Å². The second-order valence-electron chi connectivity index (χ2n) is 5.43. The van der Waals surface area contributed by atoms with Crippen LogP contribution in [0.25, 0.3) is 11.1 Å². The van der Waals surface area contributed by atoms with Crippen molar-refractivity contribution < 1.29 is 4.74 Å². The molecule has 3 nitrogen and oxygen atoms in total. The molecule has 0 atom stereocenters. The summed E-state index contributed by atoms with van der Waals surface area (Å²) in [5, 5.41) is 0. The third-order valence-electron chi connectivity index (χ3n) is 3.38. The number of benzene rings is 2. The van der Waals surface area contributed by atoms with E-state index >= 15 is 0 Å². The molecule has 0 aliphatic rings. The summed E-state index contributed by atoms with van der Waals surface area (Å²) < 4.78 is 5.82. The quantitative estimate of drug-likeness (QED) is 0.794. The number of hydrogen-bond donors (Lipinski definition) is 1. The summed E-state index contributed by atoms with van der Waals surface area (Å²) >= 11 is 0. The van der Waals surface area contributed by atoms with Gasteiger partial charge in [-0.25, -0.2) is 0 Å². The van der Waals surface area contributed by atoms with Gasteiger partial charge in [0.25, 0.3) is 0 Å². The molecule has 0 spiro atoms. The van der Waals surface area contributed by atoms with Crippen LogP contribution in [0, 0.1) is 0 Å². The molecule has 2 aromatic rings. The van der Waals surface area contributed by atoms with Crippen molar-refractivity contribution in [2.45, 2.75) is 13.0 Å². The van der Waals surface area contributed by atoms with E-state index in [0.717, 1.165) is 30.9 Å². The Bertz CT molecular complexity index is 549. The third kappa shape index (κ3) is 4.88. The van der Waals surface area contributed by atoms with E-state index in [4.69, 9.17) is 10.5 Å². The fraction of sp³-hybridized carbons (Fsp3) is 0.333. The van der Waals surface area contributed by atoms with Crippen LogP contribution in [-0.2, 0) is 6.54 Å². The van der Waals surface area contributed by atoms with Gasteiger partial charge >= 0.3 is 0 Å². The van der Waals surface area contributed by atoms with Gasteiger partial charge in [-0.2, -0.15) is 0 Å². The highest BCUT2D eigenvalue weighted by atomic mass is 16.5. The van der Waals surface area contributed by atoms with E-state index in [0.29, 0.717) is 6.54 Å². The molecule has 0 amide bonds. The minimum absolute atomic E-state index is 0.579.